The molecule has 0 saturated carbocycles. The van der Waals surface area contributed by atoms with Crippen molar-refractivity contribution in [3.05, 3.63) is 29.3 Å². The van der Waals surface area contributed by atoms with Crippen LogP contribution >= 0.6 is 12.4 Å². The standard InChI is InChI=1S/C16H26N2O2.ClH/c1-12-5-4-6-13(14(12)20)15(16(2,3)11-19)18-9-7-17-8-10-18;/h4-6,15,17,19-20H,7-11H2,1-3H3;1H/t15-;/m1./s1. The molecule has 1 heterocycles. The van der Waals surface area contributed by atoms with E-state index in [1.165, 1.54) is 0 Å². The topological polar surface area (TPSA) is 55.7 Å². The Morgan fingerprint density at radius 2 is 1.90 bits per heavy atom. The summed E-state index contributed by atoms with van der Waals surface area (Å²) in [5, 5.41) is 23.6. The smallest absolute Gasteiger partial charge is 0.123 e. The lowest BCUT2D eigenvalue weighted by Crippen LogP contribution is -2.49. The third-order valence-electron chi connectivity index (χ3n) is 4.23. The zero-order chi connectivity index (χ0) is 14.8. The molecule has 0 radical (unpaired) electrons. The second-order valence-electron chi connectivity index (χ2n) is 6.35. The van der Waals surface area contributed by atoms with Crippen molar-refractivity contribution in [2.75, 3.05) is 32.8 Å². The Labute approximate surface area is 133 Å². The molecule has 21 heavy (non-hydrogen) atoms. The minimum absolute atomic E-state index is 0. The molecule has 2 rings (SSSR count). The van der Waals surface area contributed by atoms with Crippen LogP contribution in [-0.2, 0) is 0 Å². The van der Waals surface area contributed by atoms with Gasteiger partial charge in [-0.3, -0.25) is 4.90 Å². The first-order chi connectivity index (χ1) is 9.47. The number of nitrogens with one attached hydrogen (secondary N) is 1. The molecule has 0 aromatic heterocycles. The maximum absolute atomic E-state index is 10.4. The zero-order valence-corrected chi connectivity index (χ0v) is 13.9. The number of hydrogen-bond acceptors (Lipinski definition) is 4. The summed E-state index contributed by atoms with van der Waals surface area (Å²) in [6, 6.07) is 5.90. The van der Waals surface area contributed by atoms with Crippen LogP contribution in [0.1, 0.15) is 31.0 Å². The third-order valence-corrected chi connectivity index (χ3v) is 4.23. The number of aliphatic hydroxyl groups excluding tert-OH is 1. The third kappa shape index (κ3) is 3.89. The second-order valence-corrected chi connectivity index (χ2v) is 6.35. The molecule has 4 nitrogen and oxygen atoms in total. The Morgan fingerprint density at radius 3 is 2.48 bits per heavy atom. The van der Waals surface area contributed by atoms with Gasteiger partial charge in [-0.2, -0.15) is 0 Å². The highest BCUT2D eigenvalue weighted by molar-refractivity contribution is 5.85. The number of phenols is 1. The van der Waals surface area contributed by atoms with E-state index in [0.717, 1.165) is 37.3 Å². The average Bonchev–Trinajstić information content (AvgIpc) is 2.45. The minimum atomic E-state index is -0.303. The number of nitrogens with zero attached hydrogens (tertiary/aromatic N) is 1. The fraction of sp³-hybridized carbons (Fsp3) is 0.625. The Balaban J connectivity index is 0.00000220. The zero-order valence-electron chi connectivity index (χ0n) is 13.1. The van der Waals surface area contributed by atoms with Gasteiger partial charge in [0, 0.05) is 49.8 Å². The first-order valence-electron chi connectivity index (χ1n) is 7.31. The molecule has 1 aromatic carbocycles. The molecule has 1 fully saturated rings. The van der Waals surface area contributed by atoms with Gasteiger partial charge in [0.25, 0.3) is 0 Å². The molecule has 5 heteroatoms. The van der Waals surface area contributed by atoms with E-state index in [1.54, 1.807) is 0 Å². The van der Waals surface area contributed by atoms with E-state index in [9.17, 15) is 10.2 Å². The summed E-state index contributed by atoms with van der Waals surface area (Å²) < 4.78 is 0. The maximum Gasteiger partial charge on any atom is 0.123 e. The number of aliphatic hydroxyl groups is 1. The molecule has 0 unspecified atom stereocenters. The number of para-hydroxylation sites is 1. The van der Waals surface area contributed by atoms with Gasteiger partial charge in [0.1, 0.15) is 5.75 Å². The first kappa shape index (κ1) is 18.2. The molecular formula is C16H27ClN2O2. The number of halogens is 1. The Bertz CT molecular complexity index is 460. The highest BCUT2D eigenvalue weighted by atomic mass is 35.5. The predicted octanol–water partition coefficient (Wildman–Crippen LogP) is 2.09. The second kappa shape index (κ2) is 7.45. The predicted molar refractivity (Wildman–Crippen MR) is 88.1 cm³/mol. The number of aromatic hydroxyl groups is 1. The lowest BCUT2D eigenvalue weighted by atomic mass is 9.79. The molecule has 0 aliphatic carbocycles. The van der Waals surface area contributed by atoms with Gasteiger partial charge in [-0.1, -0.05) is 32.0 Å². The number of hydrogen-bond donors (Lipinski definition) is 3. The number of piperazine rings is 1. The fourth-order valence-corrected chi connectivity index (χ4v) is 3.04. The molecule has 1 aliphatic rings. The first-order valence-corrected chi connectivity index (χ1v) is 7.31. The summed E-state index contributed by atoms with van der Waals surface area (Å²) >= 11 is 0. The molecule has 1 atom stereocenters. The van der Waals surface area contributed by atoms with Crippen LogP contribution in [0, 0.1) is 12.3 Å². The lowest BCUT2D eigenvalue weighted by Gasteiger charge is -2.43. The maximum atomic E-state index is 10.4. The summed E-state index contributed by atoms with van der Waals surface area (Å²) in [6.45, 7) is 9.88. The summed E-state index contributed by atoms with van der Waals surface area (Å²) in [5.41, 5.74) is 1.50. The minimum Gasteiger partial charge on any atom is -0.507 e. The van der Waals surface area contributed by atoms with E-state index in [4.69, 9.17) is 0 Å². The molecule has 0 spiro atoms. The largest absolute Gasteiger partial charge is 0.507 e. The van der Waals surface area contributed by atoms with Gasteiger partial charge in [-0.05, 0) is 12.5 Å². The molecule has 0 amide bonds. The highest BCUT2D eigenvalue weighted by Crippen LogP contribution is 2.42. The van der Waals surface area contributed by atoms with Crippen molar-refractivity contribution < 1.29 is 10.2 Å². The van der Waals surface area contributed by atoms with E-state index < -0.39 is 0 Å². The Hall–Kier alpha value is -0.810. The molecule has 1 aliphatic heterocycles. The van der Waals surface area contributed by atoms with Gasteiger partial charge in [0.05, 0.1) is 0 Å². The molecule has 0 bridgehead atoms. The van der Waals surface area contributed by atoms with Crippen LogP contribution in [0.5, 0.6) is 5.75 Å². The number of benzene rings is 1. The Kier molecular flexibility index (Phi) is 6.47. The van der Waals surface area contributed by atoms with Crippen molar-refractivity contribution in [3.63, 3.8) is 0 Å². The van der Waals surface area contributed by atoms with Crippen LogP contribution in [0.15, 0.2) is 18.2 Å². The monoisotopic (exact) mass is 314 g/mol. The number of rotatable bonds is 4. The van der Waals surface area contributed by atoms with Gasteiger partial charge in [-0.15, -0.1) is 12.4 Å². The van der Waals surface area contributed by atoms with Gasteiger partial charge in [0.2, 0.25) is 0 Å². The summed E-state index contributed by atoms with van der Waals surface area (Å²) in [5.74, 6) is 0.359. The van der Waals surface area contributed by atoms with Crippen LogP contribution in [0.4, 0.5) is 0 Å². The van der Waals surface area contributed by atoms with Gasteiger partial charge < -0.3 is 15.5 Å². The van der Waals surface area contributed by atoms with Crippen molar-refractivity contribution in [3.8, 4) is 5.75 Å². The molecule has 1 aromatic rings. The SMILES string of the molecule is Cc1cccc([C@@H](N2CCNCC2)C(C)(C)CO)c1O.Cl. The van der Waals surface area contributed by atoms with Crippen LogP contribution in [0.2, 0.25) is 0 Å². The van der Waals surface area contributed by atoms with Crippen LogP contribution in [0.3, 0.4) is 0 Å². The van der Waals surface area contributed by atoms with Crippen LogP contribution in [0.25, 0.3) is 0 Å². The van der Waals surface area contributed by atoms with Crippen molar-refractivity contribution >= 4 is 12.4 Å². The molecule has 1 saturated heterocycles. The normalized spacial score (nSPS) is 18.1. The van der Waals surface area contributed by atoms with E-state index in [2.05, 4.69) is 24.1 Å². The van der Waals surface area contributed by atoms with Gasteiger partial charge in [-0.25, -0.2) is 0 Å². The van der Waals surface area contributed by atoms with Crippen LogP contribution < -0.4 is 5.32 Å². The fourth-order valence-electron chi connectivity index (χ4n) is 3.04. The van der Waals surface area contributed by atoms with Crippen molar-refractivity contribution in [1.29, 1.82) is 0 Å². The van der Waals surface area contributed by atoms with Crippen molar-refractivity contribution in [2.24, 2.45) is 5.41 Å². The van der Waals surface area contributed by atoms with Gasteiger partial charge in [0.15, 0.2) is 0 Å². The van der Waals surface area contributed by atoms with Crippen molar-refractivity contribution in [1.82, 2.24) is 10.2 Å². The van der Waals surface area contributed by atoms with Crippen molar-refractivity contribution in [2.45, 2.75) is 26.8 Å². The molecule has 120 valence electrons. The Morgan fingerprint density at radius 1 is 1.29 bits per heavy atom. The van der Waals surface area contributed by atoms with E-state index in [1.807, 2.05) is 25.1 Å². The molecule has 3 N–H and O–H groups in total. The number of aryl methyl sites for hydroxylation is 1. The lowest BCUT2D eigenvalue weighted by molar-refractivity contribution is 0.0292. The summed E-state index contributed by atoms with van der Waals surface area (Å²) in [7, 11) is 0. The summed E-state index contributed by atoms with van der Waals surface area (Å²) in [6.07, 6.45) is 0. The molecular weight excluding hydrogens is 288 g/mol. The van der Waals surface area contributed by atoms with Gasteiger partial charge >= 0.3 is 0 Å². The van der Waals surface area contributed by atoms with E-state index >= 15 is 0 Å². The van der Waals surface area contributed by atoms with Crippen LogP contribution in [-0.4, -0.2) is 47.9 Å². The van der Waals surface area contributed by atoms with E-state index in [0.29, 0.717) is 5.75 Å². The quantitative estimate of drug-likeness (QED) is 0.796. The summed E-state index contributed by atoms with van der Waals surface area (Å²) in [4.78, 5) is 2.36. The highest BCUT2D eigenvalue weighted by Gasteiger charge is 2.37. The average molecular weight is 315 g/mol. The number of phenolic OH excluding ortho intramolecular Hbond substituents is 1. The van der Waals surface area contributed by atoms with E-state index in [-0.39, 0.29) is 30.5 Å².